The van der Waals surface area contributed by atoms with E-state index in [1.54, 1.807) is 26.1 Å². The van der Waals surface area contributed by atoms with E-state index < -0.39 is 0 Å². The molecular formula is C18H37IN4O3. The Balaban J connectivity index is 0.00000625. The van der Waals surface area contributed by atoms with Gasteiger partial charge in [0.2, 0.25) is 5.91 Å². The maximum Gasteiger partial charge on any atom is 0.243 e. The van der Waals surface area contributed by atoms with Gasteiger partial charge in [-0.05, 0) is 31.1 Å². The Bertz CT molecular complexity index is 425. The first kappa shape index (κ1) is 25.4. The lowest BCUT2D eigenvalue weighted by Gasteiger charge is -2.27. The van der Waals surface area contributed by atoms with Crippen molar-refractivity contribution < 1.29 is 14.3 Å². The fourth-order valence-electron chi connectivity index (χ4n) is 2.43. The van der Waals surface area contributed by atoms with Crippen LogP contribution in [0.5, 0.6) is 0 Å². The van der Waals surface area contributed by atoms with Crippen molar-refractivity contribution in [3.8, 4) is 0 Å². The molecule has 0 saturated carbocycles. The van der Waals surface area contributed by atoms with Gasteiger partial charge in [-0.25, -0.2) is 4.99 Å². The second-order valence-corrected chi connectivity index (χ2v) is 7.58. The third-order valence-corrected chi connectivity index (χ3v) is 4.36. The summed E-state index contributed by atoms with van der Waals surface area (Å²) >= 11 is 0. The van der Waals surface area contributed by atoms with Crippen molar-refractivity contribution in [2.45, 2.75) is 45.6 Å². The molecule has 1 aliphatic rings. The van der Waals surface area contributed by atoms with E-state index in [0.29, 0.717) is 12.5 Å². The van der Waals surface area contributed by atoms with Crippen molar-refractivity contribution in [3.05, 3.63) is 0 Å². The van der Waals surface area contributed by atoms with Crippen LogP contribution in [0, 0.1) is 5.41 Å². The SMILES string of the molecule is COCCC(C)(C)CNC(=NCC(=O)N(C)C)NCC1CCCCO1.I. The van der Waals surface area contributed by atoms with Gasteiger partial charge in [0, 0.05) is 47.5 Å². The highest BCUT2D eigenvalue weighted by Gasteiger charge is 2.19. The molecule has 154 valence electrons. The zero-order chi connectivity index (χ0) is 18.7. The number of amides is 1. The molecule has 1 saturated heterocycles. The Kier molecular flexibility index (Phi) is 13.2. The lowest BCUT2D eigenvalue weighted by molar-refractivity contribution is -0.127. The van der Waals surface area contributed by atoms with Gasteiger partial charge in [0.25, 0.3) is 0 Å². The number of rotatable bonds is 9. The van der Waals surface area contributed by atoms with Crippen LogP contribution in [-0.4, -0.2) is 76.9 Å². The summed E-state index contributed by atoms with van der Waals surface area (Å²) in [6.07, 6.45) is 4.57. The zero-order valence-electron chi connectivity index (χ0n) is 17.0. The van der Waals surface area contributed by atoms with Crippen molar-refractivity contribution in [2.24, 2.45) is 10.4 Å². The second kappa shape index (κ2) is 13.5. The van der Waals surface area contributed by atoms with E-state index in [0.717, 1.165) is 39.0 Å². The van der Waals surface area contributed by atoms with E-state index in [-0.39, 0.29) is 47.9 Å². The summed E-state index contributed by atoms with van der Waals surface area (Å²) in [6, 6.07) is 0. The molecule has 26 heavy (non-hydrogen) atoms. The molecule has 1 heterocycles. The summed E-state index contributed by atoms with van der Waals surface area (Å²) in [5.41, 5.74) is 0.0748. The number of methoxy groups -OCH3 is 1. The predicted octanol–water partition coefficient (Wildman–Crippen LogP) is 1.86. The summed E-state index contributed by atoms with van der Waals surface area (Å²) in [5, 5.41) is 6.68. The van der Waals surface area contributed by atoms with Crippen LogP contribution in [-0.2, 0) is 14.3 Å². The molecule has 2 N–H and O–H groups in total. The molecule has 1 amide bonds. The molecule has 1 fully saturated rings. The number of ether oxygens (including phenoxy) is 2. The third-order valence-electron chi connectivity index (χ3n) is 4.36. The van der Waals surface area contributed by atoms with Crippen molar-refractivity contribution >= 4 is 35.8 Å². The van der Waals surface area contributed by atoms with E-state index in [2.05, 4.69) is 29.5 Å². The summed E-state index contributed by atoms with van der Waals surface area (Å²) in [7, 11) is 5.19. The third kappa shape index (κ3) is 11.2. The summed E-state index contributed by atoms with van der Waals surface area (Å²) in [4.78, 5) is 17.8. The van der Waals surface area contributed by atoms with Crippen molar-refractivity contribution in [1.29, 1.82) is 0 Å². The van der Waals surface area contributed by atoms with Gasteiger partial charge in [0.05, 0.1) is 6.10 Å². The Morgan fingerprint density at radius 3 is 2.62 bits per heavy atom. The minimum absolute atomic E-state index is 0. The highest BCUT2D eigenvalue weighted by molar-refractivity contribution is 14.0. The Morgan fingerprint density at radius 1 is 1.31 bits per heavy atom. The number of nitrogens with one attached hydrogen (secondary N) is 2. The minimum Gasteiger partial charge on any atom is -0.385 e. The number of halogens is 1. The largest absolute Gasteiger partial charge is 0.385 e. The van der Waals surface area contributed by atoms with E-state index in [1.807, 2.05) is 0 Å². The Hall–Kier alpha value is -0.610. The fourth-order valence-corrected chi connectivity index (χ4v) is 2.43. The lowest BCUT2D eigenvalue weighted by Crippen LogP contribution is -2.46. The normalized spacial score (nSPS) is 18.0. The minimum atomic E-state index is -0.0198. The number of hydrogen-bond acceptors (Lipinski definition) is 4. The first-order valence-electron chi connectivity index (χ1n) is 9.17. The number of guanidine groups is 1. The number of carbonyl (C=O) groups excluding carboxylic acids is 1. The number of nitrogens with zero attached hydrogens (tertiary/aromatic N) is 2. The van der Waals surface area contributed by atoms with Gasteiger partial charge >= 0.3 is 0 Å². The molecule has 8 heteroatoms. The van der Waals surface area contributed by atoms with E-state index in [4.69, 9.17) is 9.47 Å². The molecule has 0 bridgehead atoms. The number of carbonyl (C=O) groups is 1. The summed E-state index contributed by atoms with van der Waals surface area (Å²) < 4.78 is 10.9. The average Bonchev–Trinajstić information content (AvgIpc) is 2.59. The Labute approximate surface area is 175 Å². The standard InChI is InChI=1S/C18H36N4O3.HI/c1-18(2,9-11-24-5)14-21-17(20-13-16(23)22(3)4)19-12-15-8-6-7-10-25-15;/h15H,6-14H2,1-5H3,(H2,19,20,21);1H. The number of aliphatic imine (C=N–C) groups is 1. The maximum absolute atomic E-state index is 11.8. The molecule has 0 aromatic rings. The number of likely N-dealkylation sites (N-methyl/N-ethyl adjacent to an activating group) is 1. The predicted molar refractivity (Wildman–Crippen MR) is 116 cm³/mol. The quantitative estimate of drug-likeness (QED) is 0.297. The lowest BCUT2D eigenvalue weighted by atomic mass is 9.90. The zero-order valence-corrected chi connectivity index (χ0v) is 19.3. The summed E-state index contributed by atoms with van der Waals surface area (Å²) in [5.74, 6) is 0.642. The molecule has 1 unspecified atom stereocenters. The maximum atomic E-state index is 11.8. The van der Waals surface area contributed by atoms with Gasteiger partial charge in [-0.2, -0.15) is 0 Å². The fraction of sp³-hybridized carbons (Fsp3) is 0.889. The van der Waals surface area contributed by atoms with Crippen LogP contribution in [0.2, 0.25) is 0 Å². The molecule has 1 aliphatic heterocycles. The second-order valence-electron chi connectivity index (χ2n) is 7.58. The molecule has 0 aromatic carbocycles. The number of hydrogen-bond donors (Lipinski definition) is 2. The molecule has 0 radical (unpaired) electrons. The van der Waals surface area contributed by atoms with Crippen LogP contribution in [0.1, 0.15) is 39.5 Å². The van der Waals surface area contributed by atoms with Gasteiger partial charge in [0.15, 0.2) is 5.96 Å². The van der Waals surface area contributed by atoms with Crippen molar-refractivity contribution in [3.63, 3.8) is 0 Å². The summed E-state index contributed by atoms with van der Waals surface area (Å²) in [6.45, 7) is 7.52. The molecule has 0 aliphatic carbocycles. The monoisotopic (exact) mass is 484 g/mol. The molecule has 0 aromatic heterocycles. The molecule has 1 atom stereocenters. The molecule has 1 rings (SSSR count). The highest BCUT2D eigenvalue weighted by atomic mass is 127. The van der Waals surface area contributed by atoms with Gasteiger partial charge < -0.3 is 25.0 Å². The first-order chi connectivity index (χ1) is 11.8. The van der Waals surface area contributed by atoms with Crippen molar-refractivity contribution in [2.75, 3.05) is 54.1 Å². The smallest absolute Gasteiger partial charge is 0.243 e. The van der Waals surface area contributed by atoms with Gasteiger partial charge in [-0.1, -0.05) is 13.8 Å². The molecule has 0 spiro atoms. The van der Waals surface area contributed by atoms with Gasteiger partial charge in [-0.3, -0.25) is 4.79 Å². The van der Waals surface area contributed by atoms with Crippen LogP contribution >= 0.6 is 24.0 Å². The van der Waals surface area contributed by atoms with Crippen molar-refractivity contribution in [1.82, 2.24) is 15.5 Å². The van der Waals surface area contributed by atoms with Crippen LogP contribution in [0.25, 0.3) is 0 Å². The topological polar surface area (TPSA) is 75.2 Å². The first-order valence-corrected chi connectivity index (χ1v) is 9.17. The molecular weight excluding hydrogens is 447 g/mol. The van der Waals surface area contributed by atoms with E-state index in [1.165, 1.54) is 6.42 Å². The van der Waals surface area contributed by atoms with Gasteiger partial charge in [0.1, 0.15) is 6.54 Å². The van der Waals surface area contributed by atoms with E-state index >= 15 is 0 Å². The van der Waals surface area contributed by atoms with E-state index in [9.17, 15) is 4.79 Å². The molecule has 7 nitrogen and oxygen atoms in total. The van der Waals surface area contributed by atoms with Crippen LogP contribution in [0.4, 0.5) is 0 Å². The highest BCUT2D eigenvalue weighted by Crippen LogP contribution is 2.18. The average molecular weight is 484 g/mol. The van der Waals surface area contributed by atoms with Crippen LogP contribution in [0.3, 0.4) is 0 Å². The Morgan fingerprint density at radius 2 is 2.04 bits per heavy atom. The van der Waals surface area contributed by atoms with Crippen LogP contribution < -0.4 is 10.6 Å². The van der Waals surface area contributed by atoms with Gasteiger partial charge in [-0.15, -0.1) is 24.0 Å². The van der Waals surface area contributed by atoms with Crippen LogP contribution in [0.15, 0.2) is 4.99 Å².